The first-order valence-corrected chi connectivity index (χ1v) is 8.76. The summed E-state index contributed by atoms with van der Waals surface area (Å²) in [5.41, 5.74) is -0.719. The first kappa shape index (κ1) is 16.4. The van der Waals surface area contributed by atoms with Crippen molar-refractivity contribution in [3.8, 4) is 0 Å². The monoisotopic (exact) mass is 351 g/mol. The summed E-state index contributed by atoms with van der Waals surface area (Å²) in [5.74, 6) is 2.53. The molecule has 0 bridgehead atoms. The van der Waals surface area contributed by atoms with E-state index in [4.69, 9.17) is 0 Å². The van der Waals surface area contributed by atoms with Crippen molar-refractivity contribution in [2.45, 2.75) is 57.3 Å². The fourth-order valence-electron chi connectivity index (χ4n) is 3.79. The number of alkyl halides is 3. The number of aromatic nitrogens is 4. The Bertz CT molecular complexity index is 738. The molecule has 0 spiro atoms. The van der Waals surface area contributed by atoms with E-state index in [-0.39, 0.29) is 6.04 Å². The number of pyridine rings is 1. The van der Waals surface area contributed by atoms with Gasteiger partial charge in [-0.3, -0.25) is 0 Å². The van der Waals surface area contributed by atoms with Crippen LogP contribution >= 0.6 is 0 Å². The summed E-state index contributed by atoms with van der Waals surface area (Å²) in [6, 6.07) is 2.59. The molecule has 1 fully saturated rings. The summed E-state index contributed by atoms with van der Waals surface area (Å²) < 4.78 is 40.5. The van der Waals surface area contributed by atoms with Gasteiger partial charge in [0.2, 0.25) is 0 Å². The normalized spacial score (nSPS) is 21.2. The first-order valence-electron chi connectivity index (χ1n) is 8.76. The van der Waals surface area contributed by atoms with Gasteiger partial charge in [0.1, 0.15) is 11.6 Å². The number of rotatable bonds is 2. The van der Waals surface area contributed by atoms with Crippen LogP contribution in [0.1, 0.15) is 55.4 Å². The average molecular weight is 351 g/mol. The Morgan fingerprint density at radius 1 is 1.00 bits per heavy atom. The fraction of sp³-hybridized carbons (Fsp3) is 0.588. The maximum atomic E-state index is 12.7. The number of hydrogen-bond donors (Lipinski definition) is 0. The summed E-state index contributed by atoms with van der Waals surface area (Å²) in [5, 5.41) is 8.77. The van der Waals surface area contributed by atoms with E-state index in [1.807, 2.05) is 0 Å². The number of hydrogen-bond acceptors (Lipinski definition) is 4. The SMILES string of the molecule is FC(F)(F)c1ccc(N2CCC[C@H]2c2nnc3n2CCCCC3)nc1. The van der Waals surface area contributed by atoms with E-state index in [1.54, 1.807) is 0 Å². The highest BCUT2D eigenvalue weighted by atomic mass is 19.4. The summed E-state index contributed by atoms with van der Waals surface area (Å²) >= 11 is 0. The quantitative estimate of drug-likeness (QED) is 0.827. The molecule has 2 aromatic heterocycles. The number of nitrogens with zero attached hydrogens (tertiary/aromatic N) is 5. The highest BCUT2D eigenvalue weighted by Crippen LogP contribution is 2.36. The molecule has 25 heavy (non-hydrogen) atoms. The summed E-state index contributed by atoms with van der Waals surface area (Å²) in [7, 11) is 0. The van der Waals surface area contributed by atoms with Crippen LogP contribution in [0.25, 0.3) is 0 Å². The molecule has 0 saturated carbocycles. The predicted octanol–water partition coefficient (Wildman–Crippen LogP) is 3.76. The molecule has 8 heteroatoms. The predicted molar refractivity (Wildman–Crippen MR) is 86.1 cm³/mol. The lowest BCUT2D eigenvalue weighted by atomic mass is 10.2. The molecule has 1 saturated heterocycles. The van der Waals surface area contributed by atoms with Gasteiger partial charge in [0.05, 0.1) is 11.6 Å². The van der Waals surface area contributed by atoms with Crippen molar-refractivity contribution in [3.63, 3.8) is 0 Å². The van der Waals surface area contributed by atoms with E-state index in [2.05, 4.69) is 24.6 Å². The third-order valence-corrected chi connectivity index (χ3v) is 5.06. The topological polar surface area (TPSA) is 46.8 Å². The van der Waals surface area contributed by atoms with Crippen LogP contribution in [0.5, 0.6) is 0 Å². The van der Waals surface area contributed by atoms with Crippen LogP contribution < -0.4 is 4.90 Å². The zero-order chi connectivity index (χ0) is 17.4. The van der Waals surface area contributed by atoms with Gasteiger partial charge in [-0.15, -0.1) is 10.2 Å². The number of halogens is 3. The molecule has 4 heterocycles. The number of fused-ring (bicyclic) bond motifs is 1. The Balaban J connectivity index is 1.62. The third kappa shape index (κ3) is 3.09. The van der Waals surface area contributed by atoms with Crippen LogP contribution in [0.2, 0.25) is 0 Å². The van der Waals surface area contributed by atoms with Gasteiger partial charge in [-0.25, -0.2) is 4.98 Å². The summed E-state index contributed by atoms with van der Waals surface area (Å²) in [6.45, 7) is 1.69. The van der Waals surface area contributed by atoms with Gasteiger partial charge in [0, 0.05) is 25.7 Å². The molecule has 2 aromatic rings. The first-order chi connectivity index (χ1) is 12.0. The van der Waals surface area contributed by atoms with Crippen molar-refractivity contribution in [2.24, 2.45) is 0 Å². The Morgan fingerprint density at radius 2 is 1.88 bits per heavy atom. The standard InChI is InChI=1S/C17H20F3N5/c18-17(19,20)12-7-8-14(21-11-12)24-10-4-5-13(24)16-23-22-15-6-2-1-3-9-25(15)16/h7-8,11,13H,1-6,9-10H2/t13-/m0/s1. The maximum absolute atomic E-state index is 12.7. The Kier molecular flexibility index (Phi) is 4.13. The van der Waals surface area contributed by atoms with Gasteiger partial charge in [0.15, 0.2) is 5.82 Å². The van der Waals surface area contributed by atoms with Crippen molar-refractivity contribution in [3.05, 3.63) is 35.5 Å². The van der Waals surface area contributed by atoms with Crippen LogP contribution in [0.15, 0.2) is 18.3 Å². The molecule has 0 unspecified atom stereocenters. The van der Waals surface area contributed by atoms with E-state index in [1.165, 1.54) is 12.5 Å². The fourth-order valence-corrected chi connectivity index (χ4v) is 3.79. The summed E-state index contributed by atoms with van der Waals surface area (Å²) in [6.07, 6.45) is 2.82. The molecule has 0 aromatic carbocycles. The van der Waals surface area contributed by atoms with Crippen LogP contribution in [0, 0.1) is 0 Å². The maximum Gasteiger partial charge on any atom is 0.417 e. The minimum absolute atomic E-state index is 0.0311. The number of aryl methyl sites for hydroxylation is 1. The zero-order valence-electron chi connectivity index (χ0n) is 13.8. The average Bonchev–Trinajstić information content (AvgIpc) is 3.15. The van der Waals surface area contributed by atoms with Crippen molar-refractivity contribution in [2.75, 3.05) is 11.4 Å². The molecule has 0 radical (unpaired) electrons. The van der Waals surface area contributed by atoms with E-state index >= 15 is 0 Å². The Morgan fingerprint density at radius 3 is 2.64 bits per heavy atom. The molecule has 0 aliphatic carbocycles. The molecule has 2 aliphatic heterocycles. The van der Waals surface area contributed by atoms with Crippen molar-refractivity contribution in [1.29, 1.82) is 0 Å². The lowest BCUT2D eigenvalue weighted by Gasteiger charge is -2.25. The smallest absolute Gasteiger partial charge is 0.346 e. The molecule has 2 aliphatic rings. The highest BCUT2D eigenvalue weighted by Gasteiger charge is 2.34. The largest absolute Gasteiger partial charge is 0.417 e. The van der Waals surface area contributed by atoms with Crippen LogP contribution in [-0.2, 0) is 19.1 Å². The van der Waals surface area contributed by atoms with Gasteiger partial charge in [-0.05, 0) is 37.8 Å². The minimum Gasteiger partial charge on any atom is -0.346 e. The molecule has 134 valence electrons. The third-order valence-electron chi connectivity index (χ3n) is 5.06. The molecule has 4 rings (SSSR count). The molecule has 1 atom stereocenters. The minimum atomic E-state index is -4.36. The molecular weight excluding hydrogens is 331 g/mol. The van der Waals surface area contributed by atoms with Gasteiger partial charge in [-0.1, -0.05) is 6.42 Å². The van der Waals surface area contributed by atoms with Crippen LogP contribution in [-0.4, -0.2) is 26.3 Å². The van der Waals surface area contributed by atoms with E-state index < -0.39 is 11.7 Å². The lowest BCUT2D eigenvalue weighted by Crippen LogP contribution is -2.26. The van der Waals surface area contributed by atoms with Crippen LogP contribution in [0.4, 0.5) is 19.0 Å². The molecular formula is C17H20F3N5. The van der Waals surface area contributed by atoms with Crippen molar-refractivity contribution in [1.82, 2.24) is 19.7 Å². The van der Waals surface area contributed by atoms with Gasteiger partial charge >= 0.3 is 6.18 Å². The second-order valence-electron chi connectivity index (χ2n) is 6.69. The van der Waals surface area contributed by atoms with Crippen molar-refractivity contribution >= 4 is 5.82 Å². The van der Waals surface area contributed by atoms with E-state index in [0.717, 1.165) is 69.1 Å². The number of anilines is 1. The molecule has 0 amide bonds. The lowest BCUT2D eigenvalue weighted by molar-refractivity contribution is -0.137. The second-order valence-corrected chi connectivity index (χ2v) is 6.69. The van der Waals surface area contributed by atoms with Gasteiger partial charge < -0.3 is 9.47 Å². The van der Waals surface area contributed by atoms with E-state index in [9.17, 15) is 13.2 Å². The molecule has 5 nitrogen and oxygen atoms in total. The molecule has 0 N–H and O–H groups in total. The Hall–Kier alpha value is -2.12. The van der Waals surface area contributed by atoms with Crippen molar-refractivity contribution < 1.29 is 13.2 Å². The van der Waals surface area contributed by atoms with E-state index in [0.29, 0.717) is 5.82 Å². The highest BCUT2D eigenvalue weighted by molar-refractivity contribution is 5.43. The summed E-state index contributed by atoms with van der Waals surface area (Å²) in [4.78, 5) is 6.12. The van der Waals surface area contributed by atoms with Crippen LogP contribution in [0.3, 0.4) is 0 Å². The second kappa shape index (κ2) is 6.31. The van der Waals surface area contributed by atoms with Gasteiger partial charge in [0.25, 0.3) is 0 Å². The van der Waals surface area contributed by atoms with Gasteiger partial charge in [-0.2, -0.15) is 13.2 Å². The zero-order valence-corrected chi connectivity index (χ0v) is 13.8. The Labute approximate surface area is 143 Å².